The zero-order chi connectivity index (χ0) is 13.5. The molecule has 0 unspecified atom stereocenters. The van der Waals surface area contributed by atoms with Gasteiger partial charge in [0.05, 0.1) is 0 Å². The second-order valence-electron chi connectivity index (χ2n) is 2.93. The predicted octanol–water partition coefficient (Wildman–Crippen LogP) is 2.03. The number of rotatable bonds is 1. The fraction of sp³-hybridized carbons (Fsp3) is 0.222. The Morgan fingerprint density at radius 2 is 2.00 bits per heavy atom. The highest BCUT2D eigenvalue weighted by Gasteiger charge is 2.01. The van der Waals surface area contributed by atoms with Crippen LogP contribution >= 0.6 is 18.2 Å². The molecule has 0 aliphatic carbocycles. The van der Waals surface area contributed by atoms with E-state index in [1.807, 2.05) is 19.1 Å². The van der Waals surface area contributed by atoms with Gasteiger partial charge >= 0.3 is 13.0 Å². The van der Waals surface area contributed by atoms with Gasteiger partial charge in [-0.05, 0) is 24.6 Å². The van der Waals surface area contributed by atoms with Gasteiger partial charge in [-0.2, -0.15) is 0 Å². The number of benzene rings is 1. The first-order valence-corrected chi connectivity index (χ1v) is 6.95. The topological polar surface area (TPSA) is 95.9 Å². The fourth-order valence-corrected chi connectivity index (χ4v) is 0.837. The van der Waals surface area contributed by atoms with E-state index >= 15 is 0 Å². The molecule has 1 amide bonds. The molecule has 17 heavy (non-hydrogen) atoms. The Hall–Kier alpha value is -1.07. The molecule has 1 aromatic rings. The van der Waals surface area contributed by atoms with Gasteiger partial charge in [-0.25, -0.2) is 9.36 Å². The van der Waals surface area contributed by atoms with E-state index in [1.54, 1.807) is 12.1 Å². The number of aryl methyl sites for hydroxylation is 1. The third-order valence-corrected chi connectivity index (χ3v) is 1.40. The predicted molar refractivity (Wildman–Crippen MR) is 64.2 cm³/mol. The summed E-state index contributed by atoms with van der Waals surface area (Å²) >= 11 is 4.20. The fourth-order valence-electron chi connectivity index (χ4n) is 0.837. The number of ether oxygens (including phenoxy) is 1. The van der Waals surface area contributed by atoms with Crippen LogP contribution in [-0.4, -0.2) is 22.9 Å². The third-order valence-electron chi connectivity index (χ3n) is 1.40. The molecule has 0 spiro atoms. The van der Waals surface area contributed by atoms with E-state index in [2.05, 4.69) is 16.6 Å². The number of nitrogens with one attached hydrogen (secondary N) is 1. The van der Waals surface area contributed by atoms with Crippen molar-refractivity contribution in [1.82, 2.24) is 5.32 Å². The van der Waals surface area contributed by atoms with Gasteiger partial charge in [0.25, 0.3) is 0 Å². The number of amides is 1. The number of hydrogen-bond donors (Lipinski definition) is 3. The van der Waals surface area contributed by atoms with E-state index in [0.29, 0.717) is 5.75 Å². The molecule has 0 bridgehead atoms. The molecule has 0 atom stereocenters. The molecule has 3 N–H and O–H groups in total. The molecule has 8 heteroatoms. The van der Waals surface area contributed by atoms with E-state index in [-0.39, 0.29) is 0 Å². The molecule has 96 valence electrons. The highest BCUT2D eigenvalue weighted by molar-refractivity contribution is 7.79. The van der Waals surface area contributed by atoms with Crippen LogP contribution in [0, 0.1) is 6.92 Å². The zero-order valence-corrected chi connectivity index (χ0v) is 10.9. The molecule has 0 radical (unpaired) electrons. The van der Waals surface area contributed by atoms with Crippen LogP contribution in [0.25, 0.3) is 0 Å². The molecular weight excluding hydrogens is 269 g/mol. The summed E-state index contributed by atoms with van der Waals surface area (Å²) in [5, 5.41) is 2.37. The van der Waals surface area contributed by atoms with Crippen molar-refractivity contribution >= 4 is 24.3 Å². The van der Waals surface area contributed by atoms with E-state index in [1.165, 1.54) is 7.05 Å². The number of carbonyl (C=O) groups is 1. The summed E-state index contributed by atoms with van der Waals surface area (Å²) < 4.78 is 14.0. The normalized spacial score (nSPS) is 9.94. The molecule has 0 aliphatic rings. The van der Waals surface area contributed by atoms with Crippen LogP contribution in [0.5, 0.6) is 5.75 Å². The largest absolute Gasteiger partial charge is 0.419 e. The smallest absolute Gasteiger partial charge is 0.410 e. The lowest BCUT2D eigenvalue weighted by atomic mass is 10.2. The monoisotopic (exact) mass is 281 g/mol. The lowest BCUT2D eigenvalue weighted by Crippen LogP contribution is -2.21. The van der Waals surface area contributed by atoms with Crippen LogP contribution in [0.2, 0.25) is 0 Å². The first-order chi connectivity index (χ1) is 7.72. The molecule has 1 rings (SSSR count). The maximum atomic E-state index is 10.8. The van der Waals surface area contributed by atoms with Gasteiger partial charge in [-0.1, -0.05) is 12.1 Å². The van der Waals surface area contributed by atoms with Crippen molar-refractivity contribution in [2.75, 3.05) is 7.05 Å². The number of carbonyl (C=O) groups excluding carboxylic acids is 1. The minimum Gasteiger partial charge on any atom is -0.410 e. The van der Waals surface area contributed by atoms with Crippen molar-refractivity contribution in [1.29, 1.82) is 0 Å². The Labute approximate surface area is 104 Å². The Morgan fingerprint density at radius 3 is 2.41 bits per heavy atom. The molecule has 0 saturated heterocycles. The van der Waals surface area contributed by atoms with Gasteiger partial charge in [0.15, 0.2) is 0 Å². The Balaban J connectivity index is 0.000000437. The summed E-state index contributed by atoms with van der Waals surface area (Å²) in [5.41, 5.74) is 1.07. The first-order valence-electron chi connectivity index (χ1n) is 4.44. The second kappa shape index (κ2) is 7.29. The maximum absolute atomic E-state index is 10.8. The van der Waals surface area contributed by atoms with Crippen molar-refractivity contribution in [3.63, 3.8) is 0 Å². The van der Waals surface area contributed by atoms with E-state index < -0.39 is 13.0 Å². The summed E-state index contributed by atoms with van der Waals surface area (Å²) in [6.07, 6.45) is -0.444. The highest BCUT2D eigenvalue weighted by Crippen LogP contribution is 2.39. The zero-order valence-electron chi connectivity index (χ0n) is 9.25. The molecule has 0 aromatic heterocycles. The van der Waals surface area contributed by atoms with Crippen molar-refractivity contribution in [2.24, 2.45) is 0 Å². The second-order valence-corrected chi connectivity index (χ2v) is 5.20. The van der Waals surface area contributed by atoms with Crippen LogP contribution in [0.3, 0.4) is 0 Å². The average molecular weight is 282 g/mol. The molecule has 0 fully saturated rings. The Kier molecular flexibility index (Phi) is 6.83. The molecule has 0 aliphatic heterocycles. The molecular formula is C9H13ClNO5P. The standard InChI is InChI=1S/C9H11NO2.ClH2O3P/c1-7-4-3-5-8(6-7)12-9(11)10-2;1-5(2,3)4/h3-6H,1-2H3,(H,10,11);(H2,2,3,4). The van der Waals surface area contributed by atoms with Crippen molar-refractivity contribution in [2.45, 2.75) is 6.92 Å². The van der Waals surface area contributed by atoms with Gasteiger partial charge in [0, 0.05) is 18.3 Å². The van der Waals surface area contributed by atoms with Gasteiger partial charge in [-0.3, -0.25) is 0 Å². The SMILES string of the molecule is CNC(=O)Oc1cccc(C)c1.O=P(O)(O)Cl. The van der Waals surface area contributed by atoms with Crippen molar-refractivity contribution in [3.8, 4) is 5.75 Å². The number of hydrogen-bond acceptors (Lipinski definition) is 3. The lowest BCUT2D eigenvalue weighted by Gasteiger charge is -2.02. The van der Waals surface area contributed by atoms with Crippen molar-refractivity contribution < 1.29 is 23.9 Å². The highest BCUT2D eigenvalue weighted by atomic mass is 35.7. The average Bonchev–Trinajstić information content (AvgIpc) is 2.15. The lowest BCUT2D eigenvalue weighted by molar-refractivity contribution is 0.203. The summed E-state index contributed by atoms with van der Waals surface area (Å²) in [6, 6.07) is 7.32. The summed E-state index contributed by atoms with van der Waals surface area (Å²) in [5.74, 6) is 0.564. The van der Waals surface area contributed by atoms with Gasteiger partial charge < -0.3 is 19.8 Å². The van der Waals surface area contributed by atoms with E-state index in [0.717, 1.165) is 5.56 Å². The van der Waals surface area contributed by atoms with Gasteiger partial charge in [0.1, 0.15) is 5.75 Å². The van der Waals surface area contributed by atoms with Crippen LogP contribution in [-0.2, 0) is 4.57 Å². The van der Waals surface area contributed by atoms with Gasteiger partial charge in [-0.15, -0.1) is 0 Å². The van der Waals surface area contributed by atoms with Crippen LogP contribution in [0.4, 0.5) is 4.79 Å². The molecule has 0 heterocycles. The summed E-state index contributed by atoms with van der Waals surface area (Å²) in [7, 11) is 1.53. The van der Waals surface area contributed by atoms with Gasteiger partial charge in [0.2, 0.25) is 0 Å². The Morgan fingerprint density at radius 1 is 1.47 bits per heavy atom. The van der Waals surface area contributed by atoms with E-state index in [9.17, 15) is 4.79 Å². The third kappa shape index (κ3) is 11.2. The van der Waals surface area contributed by atoms with Crippen LogP contribution < -0.4 is 10.1 Å². The van der Waals surface area contributed by atoms with E-state index in [4.69, 9.17) is 19.1 Å². The molecule has 0 saturated carbocycles. The van der Waals surface area contributed by atoms with Crippen LogP contribution in [0.15, 0.2) is 24.3 Å². The summed E-state index contributed by atoms with van der Waals surface area (Å²) in [4.78, 5) is 25.6. The number of halogens is 1. The molecule has 1 aromatic carbocycles. The quantitative estimate of drug-likeness (QED) is 0.685. The van der Waals surface area contributed by atoms with Crippen LogP contribution in [0.1, 0.15) is 5.56 Å². The maximum Gasteiger partial charge on any atom is 0.419 e. The molecule has 6 nitrogen and oxygen atoms in total. The Bertz CT molecular complexity index is 411. The first kappa shape index (κ1) is 15.9. The minimum atomic E-state index is -4.17. The van der Waals surface area contributed by atoms with Crippen molar-refractivity contribution in [3.05, 3.63) is 29.8 Å². The summed E-state index contributed by atoms with van der Waals surface area (Å²) in [6.45, 7) is -2.23. The minimum absolute atomic E-state index is 0.444.